The van der Waals surface area contributed by atoms with E-state index in [1.165, 1.54) is 11.3 Å². The van der Waals surface area contributed by atoms with E-state index >= 15 is 0 Å². The first kappa shape index (κ1) is 18.6. The average Bonchev–Trinajstić information content (AvgIpc) is 3.08. The fourth-order valence-electron chi connectivity index (χ4n) is 2.32. The van der Waals surface area contributed by atoms with Crippen molar-refractivity contribution in [3.63, 3.8) is 0 Å². The third kappa shape index (κ3) is 5.39. The summed E-state index contributed by atoms with van der Waals surface area (Å²) >= 11 is 1.48. The van der Waals surface area contributed by atoms with Gasteiger partial charge in [0.05, 0.1) is 11.9 Å². The van der Waals surface area contributed by atoms with Crippen LogP contribution in [-0.4, -0.2) is 23.7 Å². The van der Waals surface area contributed by atoms with E-state index in [-0.39, 0.29) is 12.5 Å². The number of amides is 1. The van der Waals surface area contributed by atoms with Crippen LogP contribution in [0.3, 0.4) is 0 Å². The molecule has 0 bridgehead atoms. The number of nitrogens with one attached hydrogen (secondary N) is 2. The molecule has 2 aromatic carbocycles. The molecule has 0 spiro atoms. The number of rotatable bonds is 7. The van der Waals surface area contributed by atoms with Gasteiger partial charge in [-0.25, -0.2) is 4.98 Å². The number of para-hydroxylation sites is 2. The number of thiazole rings is 1. The Labute approximate surface area is 161 Å². The summed E-state index contributed by atoms with van der Waals surface area (Å²) in [4.78, 5) is 16.4. The molecule has 3 rings (SSSR count). The molecular formula is C20H20N4O2S. The number of aryl methyl sites for hydroxylation is 2. The Kier molecular flexibility index (Phi) is 6.17. The van der Waals surface area contributed by atoms with E-state index in [0.29, 0.717) is 5.75 Å². The standard InChI is InChI=1S/C20H20N4O2S/c1-14-7-3-5-9-17(14)23-19(25)12-26-18-10-6-4-8-16(18)11-21-24-20-22-15(2)13-27-20/h3-11,13H,12H2,1-2H3,(H,22,24)(H,23,25). The first-order chi connectivity index (χ1) is 13.1. The molecule has 0 fully saturated rings. The van der Waals surface area contributed by atoms with Crippen LogP contribution in [0.4, 0.5) is 10.8 Å². The lowest BCUT2D eigenvalue weighted by Crippen LogP contribution is -2.21. The molecule has 7 heteroatoms. The number of ether oxygens (including phenoxy) is 1. The normalized spacial score (nSPS) is 10.7. The predicted molar refractivity (Wildman–Crippen MR) is 110 cm³/mol. The zero-order valence-electron chi connectivity index (χ0n) is 15.1. The molecule has 6 nitrogen and oxygen atoms in total. The summed E-state index contributed by atoms with van der Waals surface area (Å²) in [7, 11) is 0. The van der Waals surface area contributed by atoms with Gasteiger partial charge in [-0.15, -0.1) is 11.3 Å². The molecule has 3 aromatic rings. The number of anilines is 2. The predicted octanol–water partition coefficient (Wildman–Crippen LogP) is 4.22. The Bertz CT molecular complexity index is 952. The van der Waals surface area contributed by atoms with Crippen molar-refractivity contribution in [3.05, 3.63) is 70.7 Å². The van der Waals surface area contributed by atoms with Gasteiger partial charge < -0.3 is 10.1 Å². The van der Waals surface area contributed by atoms with Crippen molar-refractivity contribution in [2.24, 2.45) is 5.10 Å². The van der Waals surface area contributed by atoms with Crippen LogP contribution in [0.25, 0.3) is 0 Å². The van der Waals surface area contributed by atoms with Crippen molar-refractivity contribution < 1.29 is 9.53 Å². The minimum absolute atomic E-state index is 0.0850. The van der Waals surface area contributed by atoms with Gasteiger partial charge >= 0.3 is 0 Å². The van der Waals surface area contributed by atoms with Gasteiger partial charge in [0.2, 0.25) is 5.13 Å². The highest BCUT2D eigenvalue weighted by Gasteiger charge is 2.07. The van der Waals surface area contributed by atoms with Gasteiger partial charge in [0.1, 0.15) is 5.75 Å². The van der Waals surface area contributed by atoms with Crippen LogP contribution in [0.2, 0.25) is 0 Å². The third-order valence-corrected chi connectivity index (χ3v) is 4.54. The van der Waals surface area contributed by atoms with Gasteiger partial charge in [-0.2, -0.15) is 5.10 Å². The number of carbonyl (C=O) groups is 1. The van der Waals surface area contributed by atoms with Gasteiger partial charge in [-0.05, 0) is 37.6 Å². The van der Waals surface area contributed by atoms with E-state index in [0.717, 1.165) is 27.6 Å². The molecule has 0 unspecified atom stereocenters. The number of carbonyl (C=O) groups excluding carboxylic acids is 1. The summed E-state index contributed by atoms with van der Waals surface area (Å²) in [6.45, 7) is 3.79. The highest BCUT2D eigenvalue weighted by Crippen LogP contribution is 2.18. The van der Waals surface area contributed by atoms with E-state index in [2.05, 4.69) is 20.8 Å². The Balaban J connectivity index is 1.58. The van der Waals surface area contributed by atoms with Crippen molar-refractivity contribution in [1.82, 2.24) is 4.98 Å². The number of benzene rings is 2. The Hall–Kier alpha value is -3.19. The van der Waals surface area contributed by atoms with Crippen LogP contribution in [0.1, 0.15) is 16.8 Å². The molecule has 138 valence electrons. The fraction of sp³-hybridized carbons (Fsp3) is 0.150. The maximum absolute atomic E-state index is 12.2. The summed E-state index contributed by atoms with van der Waals surface area (Å²) in [5.74, 6) is 0.366. The molecule has 0 radical (unpaired) electrons. The SMILES string of the molecule is Cc1csc(NN=Cc2ccccc2OCC(=O)Nc2ccccc2C)n1. The summed E-state index contributed by atoms with van der Waals surface area (Å²) in [5, 5.41) is 9.70. The van der Waals surface area contributed by atoms with Crippen LogP contribution >= 0.6 is 11.3 Å². The van der Waals surface area contributed by atoms with E-state index in [1.54, 1.807) is 12.3 Å². The molecule has 1 aromatic heterocycles. The van der Waals surface area contributed by atoms with Crippen LogP contribution in [0.5, 0.6) is 5.75 Å². The largest absolute Gasteiger partial charge is 0.483 e. The molecule has 1 heterocycles. The lowest BCUT2D eigenvalue weighted by atomic mass is 10.2. The number of aromatic nitrogens is 1. The molecule has 27 heavy (non-hydrogen) atoms. The van der Waals surface area contributed by atoms with Crippen LogP contribution < -0.4 is 15.5 Å². The number of nitrogens with zero attached hydrogens (tertiary/aromatic N) is 2. The maximum Gasteiger partial charge on any atom is 0.262 e. The Morgan fingerprint density at radius 1 is 1.19 bits per heavy atom. The minimum Gasteiger partial charge on any atom is -0.483 e. The van der Waals surface area contributed by atoms with Crippen molar-refractivity contribution in [1.29, 1.82) is 0 Å². The van der Waals surface area contributed by atoms with Crippen molar-refractivity contribution in [3.8, 4) is 5.75 Å². The van der Waals surface area contributed by atoms with Gasteiger partial charge in [0.25, 0.3) is 5.91 Å². The zero-order valence-corrected chi connectivity index (χ0v) is 15.9. The van der Waals surface area contributed by atoms with E-state index in [4.69, 9.17) is 4.74 Å². The summed E-state index contributed by atoms with van der Waals surface area (Å²) < 4.78 is 5.67. The summed E-state index contributed by atoms with van der Waals surface area (Å²) in [6, 6.07) is 15.0. The van der Waals surface area contributed by atoms with Gasteiger partial charge in [0.15, 0.2) is 6.61 Å². The monoisotopic (exact) mass is 380 g/mol. The molecule has 0 aliphatic rings. The molecule has 0 saturated carbocycles. The van der Waals surface area contributed by atoms with Crippen molar-refractivity contribution in [2.45, 2.75) is 13.8 Å². The number of hydrogen-bond donors (Lipinski definition) is 2. The second-order valence-corrected chi connectivity index (χ2v) is 6.71. The molecule has 0 saturated heterocycles. The highest BCUT2D eigenvalue weighted by atomic mass is 32.1. The van der Waals surface area contributed by atoms with Gasteiger partial charge in [0, 0.05) is 16.6 Å². The molecular weight excluding hydrogens is 360 g/mol. The quantitative estimate of drug-likeness (QED) is 0.475. The Morgan fingerprint density at radius 2 is 1.96 bits per heavy atom. The minimum atomic E-state index is -0.215. The first-order valence-corrected chi connectivity index (χ1v) is 9.28. The van der Waals surface area contributed by atoms with Crippen molar-refractivity contribution >= 4 is 34.3 Å². The highest BCUT2D eigenvalue weighted by molar-refractivity contribution is 7.13. The topological polar surface area (TPSA) is 75.6 Å². The molecule has 0 atom stereocenters. The maximum atomic E-state index is 12.2. The van der Waals surface area contributed by atoms with E-state index < -0.39 is 0 Å². The number of hydrogen-bond acceptors (Lipinski definition) is 6. The second kappa shape index (κ2) is 8.95. The zero-order chi connectivity index (χ0) is 19.1. The van der Waals surface area contributed by atoms with E-state index in [9.17, 15) is 4.79 Å². The fourth-order valence-corrected chi connectivity index (χ4v) is 2.96. The van der Waals surface area contributed by atoms with Crippen LogP contribution in [-0.2, 0) is 4.79 Å². The van der Waals surface area contributed by atoms with Crippen molar-refractivity contribution in [2.75, 3.05) is 17.3 Å². The third-order valence-electron chi connectivity index (χ3n) is 3.68. The first-order valence-electron chi connectivity index (χ1n) is 8.40. The van der Waals surface area contributed by atoms with Gasteiger partial charge in [-0.3, -0.25) is 10.2 Å². The Morgan fingerprint density at radius 3 is 2.74 bits per heavy atom. The smallest absolute Gasteiger partial charge is 0.262 e. The van der Waals surface area contributed by atoms with Crippen LogP contribution in [0.15, 0.2) is 59.0 Å². The number of hydrazone groups is 1. The average molecular weight is 380 g/mol. The molecule has 0 aliphatic carbocycles. The van der Waals surface area contributed by atoms with Gasteiger partial charge in [-0.1, -0.05) is 30.3 Å². The molecule has 0 aliphatic heterocycles. The molecule has 1 amide bonds. The lowest BCUT2D eigenvalue weighted by molar-refractivity contribution is -0.118. The van der Waals surface area contributed by atoms with Crippen LogP contribution in [0, 0.1) is 13.8 Å². The second-order valence-electron chi connectivity index (χ2n) is 5.85. The lowest BCUT2D eigenvalue weighted by Gasteiger charge is -2.10. The molecule has 2 N–H and O–H groups in total. The summed E-state index contributed by atoms with van der Waals surface area (Å²) in [5.41, 5.74) is 6.38. The van der Waals surface area contributed by atoms with E-state index in [1.807, 2.05) is 61.7 Å². The summed E-state index contributed by atoms with van der Waals surface area (Å²) in [6.07, 6.45) is 1.64.